The number of benzene rings is 1. The molecule has 0 atom stereocenters. The summed E-state index contributed by atoms with van der Waals surface area (Å²) >= 11 is 0. The van der Waals surface area contributed by atoms with Crippen molar-refractivity contribution in [1.29, 1.82) is 0 Å². The average Bonchev–Trinajstić information content (AvgIpc) is 2.38. The summed E-state index contributed by atoms with van der Waals surface area (Å²) in [6.07, 6.45) is 5.96. The van der Waals surface area contributed by atoms with E-state index in [1.165, 1.54) is 17.6 Å². The van der Waals surface area contributed by atoms with Gasteiger partial charge in [0.25, 0.3) is 0 Å². The first-order chi connectivity index (χ1) is 8.64. The van der Waals surface area contributed by atoms with E-state index in [0.29, 0.717) is 18.6 Å². The Morgan fingerprint density at radius 3 is 2.56 bits per heavy atom. The van der Waals surface area contributed by atoms with E-state index in [-0.39, 0.29) is 0 Å². The molecule has 3 rings (SSSR count). The summed E-state index contributed by atoms with van der Waals surface area (Å²) < 4.78 is 11.2. The molecule has 2 heteroatoms. The summed E-state index contributed by atoms with van der Waals surface area (Å²) in [6, 6.07) is 6.31. The van der Waals surface area contributed by atoms with Crippen LogP contribution in [0.1, 0.15) is 38.7 Å². The number of fused-ring (bicyclic) bond motifs is 1. The fraction of sp³-hybridized carbons (Fsp3) is 0.500. The summed E-state index contributed by atoms with van der Waals surface area (Å²) in [5.74, 6) is 1.77. The second-order valence-corrected chi connectivity index (χ2v) is 5.96. The van der Waals surface area contributed by atoms with Crippen LogP contribution >= 0.6 is 0 Å². The lowest BCUT2D eigenvalue weighted by Crippen LogP contribution is -2.16. The van der Waals surface area contributed by atoms with E-state index in [1.54, 1.807) is 0 Å². The van der Waals surface area contributed by atoms with Crippen LogP contribution in [-0.2, 0) is 0 Å². The van der Waals surface area contributed by atoms with E-state index in [1.807, 2.05) is 6.07 Å². The Morgan fingerprint density at radius 1 is 1.06 bits per heavy atom. The highest BCUT2D eigenvalue weighted by molar-refractivity contribution is 5.69. The van der Waals surface area contributed by atoms with Crippen molar-refractivity contribution < 1.29 is 9.47 Å². The van der Waals surface area contributed by atoms with E-state index in [9.17, 15) is 0 Å². The number of hydrogen-bond acceptors (Lipinski definition) is 2. The third-order valence-electron chi connectivity index (χ3n) is 3.89. The molecule has 0 radical (unpaired) electrons. The first kappa shape index (κ1) is 11.6. The van der Waals surface area contributed by atoms with E-state index >= 15 is 0 Å². The Kier molecular flexibility index (Phi) is 2.81. The van der Waals surface area contributed by atoms with E-state index < -0.39 is 0 Å². The van der Waals surface area contributed by atoms with Gasteiger partial charge in [-0.15, -0.1) is 0 Å². The molecule has 1 heterocycles. The van der Waals surface area contributed by atoms with Crippen molar-refractivity contribution in [1.82, 2.24) is 0 Å². The molecule has 0 spiro atoms. The van der Waals surface area contributed by atoms with Gasteiger partial charge in [0, 0.05) is 0 Å². The highest BCUT2D eigenvalue weighted by atomic mass is 16.6. The van der Waals surface area contributed by atoms with Crippen LogP contribution in [0.25, 0.3) is 5.57 Å². The molecule has 1 aromatic rings. The molecule has 0 fully saturated rings. The zero-order valence-corrected chi connectivity index (χ0v) is 11.2. The Labute approximate surface area is 109 Å². The fourth-order valence-corrected chi connectivity index (χ4v) is 2.58. The zero-order valence-electron chi connectivity index (χ0n) is 11.2. The molecule has 2 aliphatic rings. The van der Waals surface area contributed by atoms with Crippen molar-refractivity contribution in [3.8, 4) is 11.5 Å². The number of allylic oxidation sites excluding steroid dienone is 2. The summed E-state index contributed by atoms with van der Waals surface area (Å²) in [6.45, 7) is 5.99. The normalized spacial score (nSPS) is 21.3. The first-order valence-corrected chi connectivity index (χ1v) is 6.73. The molecule has 2 nitrogen and oxygen atoms in total. The van der Waals surface area contributed by atoms with Gasteiger partial charge in [-0.25, -0.2) is 0 Å². The standard InChI is InChI=1S/C16H20O2/c1-16(2)7-5-12(6-8-16)13-3-4-14-15(11-13)18-10-9-17-14/h3-5,11H,6-10H2,1-2H3. The van der Waals surface area contributed by atoms with Gasteiger partial charge in [-0.05, 0) is 47.9 Å². The number of rotatable bonds is 1. The minimum absolute atomic E-state index is 0.456. The second kappa shape index (κ2) is 4.34. The van der Waals surface area contributed by atoms with Gasteiger partial charge in [-0.1, -0.05) is 26.0 Å². The molecule has 0 saturated heterocycles. The van der Waals surface area contributed by atoms with E-state index in [2.05, 4.69) is 32.1 Å². The van der Waals surface area contributed by atoms with Crippen LogP contribution in [0.5, 0.6) is 11.5 Å². The maximum atomic E-state index is 5.64. The Balaban J connectivity index is 1.87. The quantitative estimate of drug-likeness (QED) is 0.742. The molecule has 18 heavy (non-hydrogen) atoms. The molecular formula is C16H20O2. The van der Waals surface area contributed by atoms with Gasteiger partial charge < -0.3 is 9.47 Å². The third-order valence-corrected chi connectivity index (χ3v) is 3.89. The average molecular weight is 244 g/mol. The molecular weight excluding hydrogens is 224 g/mol. The van der Waals surface area contributed by atoms with Crippen LogP contribution in [0.15, 0.2) is 24.3 Å². The Morgan fingerprint density at radius 2 is 1.83 bits per heavy atom. The highest BCUT2D eigenvalue weighted by Gasteiger charge is 2.22. The molecule has 0 bridgehead atoms. The lowest BCUT2D eigenvalue weighted by molar-refractivity contribution is 0.171. The monoisotopic (exact) mass is 244 g/mol. The summed E-state index contributed by atoms with van der Waals surface area (Å²) in [7, 11) is 0. The molecule has 0 aromatic heterocycles. The molecule has 1 aromatic carbocycles. The molecule has 0 unspecified atom stereocenters. The van der Waals surface area contributed by atoms with E-state index in [0.717, 1.165) is 24.3 Å². The van der Waals surface area contributed by atoms with Gasteiger partial charge >= 0.3 is 0 Å². The fourth-order valence-electron chi connectivity index (χ4n) is 2.58. The van der Waals surface area contributed by atoms with Crippen LogP contribution in [0, 0.1) is 5.41 Å². The van der Waals surface area contributed by atoms with Crippen molar-refractivity contribution in [2.24, 2.45) is 5.41 Å². The molecule has 1 aliphatic heterocycles. The molecule has 0 N–H and O–H groups in total. The zero-order chi connectivity index (χ0) is 12.6. The maximum absolute atomic E-state index is 5.64. The van der Waals surface area contributed by atoms with Crippen LogP contribution in [0.4, 0.5) is 0 Å². The largest absolute Gasteiger partial charge is 0.486 e. The van der Waals surface area contributed by atoms with E-state index in [4.69, 9.17) is 9.47 Å². The van der Waals surface area contributed by atoms with Gasteiger partial charge in [0.05, 0.1) is 0 Å². The van der Waals surface area contributed by atoms with Gasteiger partial charge in [0.2, 0.25) is 0 Å². The maximum Gasteiger partial charge on any atom is 0.161 e. The highest BCUT2D eigenvalue weighted by Crippen LogP contribution is 2.40. The van der Waals surface area contributed by atoms with Gasteiger partial charge in [-0.2, -0.15) is 0 Å². The van der Waals surface area contributed by atoms with Crippen LogP contribution in [0.2, 0.25) is 0 Å². The smallest absolute Gasteiger partial charge is 0.161 e. The number of hydrogen-bond donors (Lipinski definition) is 0. The van der Waals surface area contributed by atoms with Gasteiger partial charge in [0.15, 0.2) is 11.5 Å². The van der Waals surface area contributed by atoms with Crippen molar-refractivity contribution in [2.75, 3.05) is 13.2 Å². The summed E-state index contributed by atoms with van der Waals surface area (Å²) in [5, 5.41) is 0. The van der Waals surface area contributed by atoms with Crippen LogP contribution in [0.3, 0.4) is 0 Å². The minimum atomic E-state index is 0.456. The van der Waals surface area contributed by atoms with Crippen molar-refractivity contribution in [3.63, 3.8) is 0 Å². The molecule has 1 aliphatic carbocycles. The van der Waals surface area contributed by atoms with Gasteiger partial charge in [-0.3, -0.25) is 0 Å². The van der Waals surface area contributed by atoms with Crippen LogP contribution in [-0.4, -0.2) is 13.2 Å². The molecule has 96 valence electrons. The Bertz CT molecular complexity index is 486. The lowest BCUT2D eigenvalue weighted by atomic mass is 9.77. The van der Waals surface area contributed by atoms with Crippen molar-refractivity contribution in [2.45, 2.75) is 33.1 Å². The third kappa shape index (κ3) is 2.24. The van der Waals surface area contributed by atoms with Crippen LogP contribution < -0.4 is 9.47 Å². The number of ether oxygens (including phenoxy) is 2. The second-order valence-electron chi connectivity index (χ2n) is 5.96. The summed E-state index contributed by atoms with van der Waals surface area (Å²) in [5.41, 5.74) is 3.19. The lowest BCUT2D eigenvalue weighted by Gasteiger charge is -2.29. The first-order valence-electron chi connectivity index (χ1n) is 6.73. The SMILES string of the molecule is CC1(C)CC=C(c2ccc3c(c2)OCCO3)CC1. The predicted molar refractivity (Wildman–Crippen MR) is 73.0 cm³/mol. The van der Waals surface area contributed by atoms with Crippen molar-refractivity contribution in [3.05, 3.63) is 29.8 Å². The predicted octanol–water partition coefficient (Wildman–Crippen LogP) is 4.05. The van der Waals surface area contributed by atoms with Crippen molar-refractivity contribution >= 4 is 5.57 Å². The van der Waals surface area contributed by atoms with Gasteiger partial charge in [0.1, 0.15) is 13.2 Å². The Hall–Kier alpha value is -1.44. The summed E-state index contributed by atoms with van der Waals surface area (Å²) in [4.78, 5) is 0. The molecule has 0 amide bonds. The molecule has 0 saturated carbocycles. The topological polar surface area (TPSA) is 18.5 Å². The minimum Gasteiger partial charge on any atom is -0.486 e.